The number of H-pyrrole nitrogens is 1. The van der Waals surface area contributed by atoms with Gasteiger partial charge in [0.25, 0.3) is 0 Å². The van der Waals surface area contributed by atoms with Gasteiger partial charge >= 0.3 is 5.97 Å². The fourth-order valence-electron chi connectivity index (χ4n) is 3.33. The van der Waals surface area contributed by atoms with E-state index >= 15 is 0 Å². The van der Waals surface area contributed by atoms with Gasteiger partial charge in [0.2, 0.25) is 5.91 Å². The van der Waals surface area contributed by atoms with Gasteiger partial charge in [-0.05, 0) is 25.3 Å². The Morgan fingerprint density at radius 2 is 2.14 bits per heavy atom. The van der Waals surface area contributed by atoms with Gasteiger partial charge in [-0.15, -0.1) is 0 Å². The Morgan fingerprint density at radius 1 is 1.32 bits per heavy atom. The predicted molar refractivity (Wildman–Crippen MR) is 80.5 cm³/mol. The molecule has 0 unspecified atom stereocenters. The average molecular weight is 305 g/mol. The van der Waals surface area contributed by atoms with Crippen LogP contribution in [-0.2, 0) is 9.53 Å². The summed E-state index contributed by atoms with van der Waals surface area (Å²) in [6, 6.07) is 1.82. The molecule has 3 rings (SSSR count). The van der Waals surface area contributed by atoms with E-state index in [9.17, 15) is 9.59 Å². The van der Waals surface area contributed by atoms with E-state index in [1.807, 2.05) is 6.07 Å². The topological polar surface area (TPSA) is 75.3 Å². The van der Waals surface area contributed by atoms with Crippen molar-refractivity contribution in [2.75, 3.05) is 19.7 Å². The number of nitrogens with one attached hydrogen (secondary N) is 1. The second-order valence-electron chi connectivity index (χ2n) is 6.16. The number of rotatable bonds is 5. The average Bonchev–Trinajstić information content (AvgIpc) is 3.18. The van der Waals surface area contributed by atoms with Crippen LogP contribution in [0.3, 0.4) is 0 Å². The van der Waals surface area contributed by atoms with Crippen molar-refractivity contribution >= 4 is 11.9 Å². The maximum absolute atomic E-state index is 12.0. The normalized spacial score (nSPS) is 19.6. The van der Waals surface area contributed by atoms with E-state index < -0.39 is 5.97 Å². The van der Waals surface area contributed by atoms with Crippen molar-refractivity contribution in [2.45, 2.75) is 50.9 Å². The molecular weight excluding hydrogens is 282 g/mol. The zero-order valence-electron chi connectivity index (χ0n) is 12.8. The second kappa shape index (κ2) is 6.94. The second-order valence-corrected chi connectivity index (χ2v) is 6.16. The number of amides is 1. The Balaban J connectivity index is 1.47. The summed E-state index contributed by atoms with van der Waals surface area (Å²) >= 11 is 0. The summed E-state index contributed by atoms with van der Waals surface area (Å²) in [4.78, 5) is 25.2. The van der Waals surface area contributed by atoms with E-state index in [4.69, 9.17) is 4.74 Å². The molecule has 6 heteroatoms. The van der Waals surface area contributed by atoms with E-state index in [1.165, 1.54) is 19.3 Å². The summed E-state index contributed by atoms with van der Waals surface area (Å²) in [5.41, 5.74) is 1.38. The van der Waals surface area contributed by atoms with E-state index in [2.05, 4.69) is 10.2 Å². The van der Waals surface area contributed by atoms with Crippen molar-refractivity contribution < 1.29 is 14.3 Å². The Labute approximate surface area is 130 Å². The minimum absolute atomic E-state index is 0.149. The molecule has 0 atom stereocenters. The van der Waals surface area contributed by atoms with Gasteiger partial charge in [0, 0.05) is 24.6 Å². The Kier molecular flexibility index (Phi) is 4.75. The van der Waals surface area contributed by atoms with Crippen LogP contribution >= 0.6 is 0 Å². The standard InChI is InChI=1S/C16H23N3O3/c20-15-7-4-8-19(15)9-10-22-16(21)14-11-13(17-18-14)12-5-2-1-3-6-12/h11-12H,1-10H2,(H,17,18). The summed E-state index contributed by atoms with van der Waals surface area (Å²) in [6.45, 7) is 1.48. The molecule has 1 saturated carbocycles. The molecule has 0 bridgehead atoms. The third-order valence-corrected chi connectivity index (χ3v) is 4.62. The third kappa shape index (κ3) is 3.48. The third-order valence-electron chi connectivity index (χ3n) is 4.62. The highest BCUT2D eigenvalue weighted by Crippen LogP contribution is 2.31. The Bertz CT molecular complexity index is 534. The molecule has 2 heterocycles. The molecule has 120 valence electrons. The first-order chi connectivity index (χ1) is 10.7. The summed E-state index contributed by atoms with van der Waals surface area (Å²) < 4.78 is 5.22. The highest BCUT2D eigenvalue weighted by molar-refractivity contribution is 5.87. The van der Waals surface area contributed by atoms with Crippen LogP contribution < -0.4 is 0 Å². The molecule has 1 aliphatic heterocycles. The van der Waals surface area contributed by atoms with Crippen LogP contribution in [0.2, 0.25) is 0 Å². The Hall–Kier alpha value is -1.85. The van der Waals surface area contributed by atoms with Gasteiger partial charge in [-0.2, -0.15) is 5.10 Å². The zero-order chi connectivity index (χ0) is 15.4. The molecule has 2 aliphatic rings. The van der Waals surface area contributed by atoms with Crippen LogP contribution in [0.25, 0.3) is 0 Å². The monoisotopic (exact) mass is 305 g/mol. The number of hydrogen-bond donors (Lipinski definition) is 1. The van der Waals surface area contributed by atoms with E-state index in [0.717, 1.165) is 31.5 Å². The van der Waals surface area contributed by atoms with Crippen LogP contribution in [0.4, 0.5) is 0 Å². The van der Waals surface area contributed by atoms with Crippen molar-refractivity contribution in [3.8, 4) is 0 Å². The molecule has 22 heavy (non-hydrogen) atoms. The molecule has 1 aliphatic carbocycles. The summed E-state index contributed by atoms with van der Waals surface area (Å²) in [6.07, 6.45) is 7.62. The van der Waals surface area contributed by atoms with Crippen LogP contribution in [-0.4, -0.2) is 46.7 Å². The van der Waals surface area contributed by atoms with Gasteiger partial charge in [-0.25, -0.2) is 4.79 Å². The lowest BCUT2D eigenvalue weighted by atomic mass is 9.87. The fourth-order valence-corrected chi connectivity index (χ4v) is 3.33. The number of carbonyl (C=O) groups excluding carboxylic acids is 2. The number of ether oxygens (including phenoxy) is 1. The number of aromatic amines is 1. The highest BCUT2D eigenvalue weighted by Gasteiger charge is 2.22. The number of hydrogen-bond acceptors (Lipinski definition) is 4. The maximum Gasteiger partial charge on any atom is 0.358 e. The molecule has 0 radical (unpaired) electrons. The first-order valence-electron chi connectivity index (χ1n) is 8.24. The molecule has 0 spiro atoms. The van der Waals surface area contributed by atoms with Crippen LogP contribution in [0.15, 0.2) is 6.07 Å². The molecular formula is C16H23N3O3. The number of nitrogens with zero attached hydrogens (tertiary/aromatic N) is 2. The molecule has 6 nitrogen and oxygen atoms in total. The SMILES string of the molecule is O=C(OCCN1CCCC1=O)c1cc(C2CCCCC2)[nH]n1. The lowest BCUT2D eigenvalue weighted by molar-refractivity contribution is -0.128. The lowest BCUT2D eigenvalue weighted by Gasteiger charge is -2.19. The van der Waals surface area contributed by atoms with Crippen molar-refractivity contribution in [1.82, 2.24) is 15.1 Å². The van der Waals surface area contributed by atoms with Gasteiger partial charge in [-0.1, -0.05) is 19.3 Å². The summed E-state index contributed by atoms with van der Waals surface area (Å²) in [5.74, 6) is 0.227. The quantitative estimate of drug-likeness (QED) is 0.847. The van der Waals surface area contributed by atoms with Crippen molar-refractivity contribution in [3.63, 3.8) is 0 Å². The van der Waals surface area contributed by atoms with Crippen molar-refractivity contribution in [2.24, 2.45) is 0 Å². The summed E-state index contributed by atoms with van der Waals surface area (Å²) in [5, 5.41) is 7.06. The molecule has 1 saturated heterocycles. The predicted octanol–water partition coefficient (Wildman–Crippen LogP) is 2.24. The largest absolute Gasteiger partial charge is 0.459 e. The number of aromatic nitrogens is 2. The summed E-state index contributed by atoms with van der Waals surface area (Å²) in [7, 11) is 0. The van der Waals surface area contributed by atoms with E-state index in [1.54, 1.807) is 4.90 Å². The molecule has 1 aromatic rings. The van der Waals surface area contributed by atoms with Gasteiger partial charge < -0.3 is 9.64 Å². The smallest absolute Gasteiger partial charge is 0.358 e. The van der Waals surface area contributed by atoms with Crippen LogP contribution in [0.1, 0.15) is 67.0 Å². The first kappa shape index (κ1) is 15.1. The molecule has 1 N–H and O–H groups in total. The number of esters is 1. The Morgan fingerprint density at radius 3 is 2.86 bits per heavy atom. The lowest BCUT2D eigenvalue weighted by Crippen LogP contribution is -2.29. The van der Waals surface area contributed by atoms with Crippen LogP contribution in [0.5, 0.6) is 0 Å². The minimum atomic E-state index is -0.412. The van der Waals surface area contributed by atoms with Crippen molar-refractivity contribution in [3.05, 3.63) is 17.5 Å². The van der Waals surface area contributed by atoms with E-state index in [-0.39, 0.29) is 12.5 Å². The van der Waals surface area contributed by atoms with E-state index in [0.29, 0.717) is 24.6 Å². The van der Waals surface area contributed by atoms with Crippen molar-refractivity contribution in [1.29, 1.82) is 0 Å². The molecule has 2 fully saturated rings. The van der Waals surface area contributed by atoms with Gasteiger partial charge in [0.05, 0.1) is 6.54 Å². The number of carbonyl (C=O) groups is 2. The maximum atomic E-state index is 12.0. The van der Waals surface area contributed by atoms with Gasteiger partial charge in [0.15, 0.2) is 5.69 Å². The molecule has 0 aromatic carbocycles. The number of likely N-dealkylation sites (tertiary alicyclic amines) is 1. The fraction of sp³-hybridized carbons (Fsp3) is 0.688. The zero-order valence-corrected chi connectivity index (χ0v) is 12.8. The highest BCUT2D eigenvalue weighted by atomic mass is 16.5. The molecule has 1 amide bonds. The first-order valence-corrected chi connectivity index (χ1v) is 8.24. The molecule has 1 aromatic heterocycles. The van der Waals surface area contributed by atoms with Gasteiger partial charge in [-0.3, -0.25) is 9.89 Å². The minimum Gasteiger partial charge on any atom is -0.459 e. The van der Waals surface area contributed by atoms with Crippen LogP contribution in [0, 0.1) is 0 Å². The van der Waals surface area contributed by atoms with Gasteiger partial charge in [0.1, 0.15) is 6.61 Å².